The van der Waals surface area contributed by atoms with Crippen LogP contribution >= 0.6 is 27.3 Å². The predicted molar refractivity (Wildman–Crippen MR) is 85.3 cm³/mol. The molecule has 0 amide bonds. The molecular weight excluding hydrogens is 320 g/mol. The molecule has 1 aromatic heterocycles. The number of carbonyl (C=O) groups is 1. The highest BCUT2D eigenvalue weighted by molar-refractivity contribution is 9.10. The molecule has 1 nitrogen and oxygen atoms in total. The lowest BCUT2D eigenvalue weighted by Crippen LogP contribution is -2.08. The van der Waals surface area contributed by atoms with E-state index in [0.717, 1.165) is 20.5 Å². The Morgan fingerprint density at radius 1 is 1.16 bits per heavy atom. The van der Waals surface area contributed by atoms with E-state index in [1.807, 2.05) is 31.2 Å². The summed E-state index contributed by atoms with van der Waals surface area (Å²) in [6.07, 6.45) is 0. The van der Waals surface area contributed by atoms with Crippen LogP contribution in [0, 0.1) is 6.92 Å². The van der Waals surface area contributed by atoms with Gasteiger partial charge in [0.25, 0.3) is 0 Å². The van der Waals surface area contributed by atoms with Gasteiger partial charge in [-0.1, -0.05) is 36.7 Å². The van der Waals surface area contributed by atoms with Crippen LogP contribution in [0.2, 0.25) is 0 Å². The van der Waals surface area contributed by atoms with Crippen LogP contribution in [-0.4, -0.2) is 5.78 Å². The molecular formula is C16H17BrOS. The minimum Gasteiger partial charge on any atom is -0.288 e. The predicted octanol–water partition coefficient (Wildman–Crippen LogP) is 5.35. The molecule has 0 bridgehead atoms. The molecule has 0 radical (unpaired) electrons. The molecule has 0 spiro atoms. The van der Waals surface area contributed by atoms with Gasteiger partial charge in [0.15, 0.2) is 0 Å². The smallest absolute Gasteiger partial charge is 0.203 e. The van der Waals surface area contributed by atoms with Gasteiger partial charge in [-0.2, -0.15) is 0 Å². The number of hydrogen-bond acceptors (Lipinski definition) is 2. The Morgan fingerprint density at radius 2 is 1.84 bits per heavy atom. The normalized spacial score (nSPS) is 11.6. The van der Waals surface area contributed by atoms with Gasteiger partial charge in [0.2, 0.25) is 5.78 Å². The van der Waals surface area contributed by atoms with Crippen molar-refractivity contribution < 1.29 is 4.79 Å². The van der Waals surface area contributed by atoms with Crippen molar-refractivity contribution in [3.8, 4) is 0 Å². The molecule has 0 unspecified atom stereocenters. The molecule has 3 heteroatoms. The van der Waals surface area contributed by atoms with Crippen LogP contribution in [0.5, 0.6) is 0 Å². The van der Waals surface area contributed by atoms with E-state index < -0.39 is 0 Å². The van der Waals surface area contributed by atoms with E-state index in [-0.39, 0.29) is 11.2 Å². The van der Waals surface area contributed by atoms with E-state index in [1.54, 1.807) is 11.3 Å². The number of hydrogen-bond donors (Lipinski definition) is 0. The van der Waals surface area contributed by atoms with Crippen LogP contribution in [0.25, 0.3) is 0 Å². The second kappa shape index (κ2) is 5.22. The first-order valence-corrected chi connectivity index (χ1v) is 7.81. The number of halogens is 1. The van der Waals surface area contributed by atoms with E-state index >= 15 is 0 Å². The molecule has 0 aliphatic carbocycles. The van der Waals surface area contributed by atoms with Crippen LogP contribution in [0.3, 0.4) is 0 Å². The molecule has 100 valence electrons. The average Bonchev–Trinajstić information content (AvgIpc) is 2.76. The highest BCUT2D eigenvalue weighted by atomic mass is 79.9. The van der Waals surface area contributed by atoms with Crippen molar-refractivity contribution in [3.05, 3.63) is 55.7 Å². The molecule has 2 rings (SSSR count). The largest absolute Gasteiger partial charge is 0.288 e. The highest BCUT2D eigenvalue weighted by Crippen LogP contribution is 2.31. The Bertz CT molecular complexity index is 620. The fraction of sp³-hybridized carbons (Fsp3) is 0.312. The van der Waals surface area contributed by atoms with E-state index in [2.05, 4.69) is 42.8 Å². The number of carbonyl (C=O) groups excluding carboxylic acids is 1. The molecule has 0 saturated carbocycles. The molecule has 19 heavy (non-hydrogen) atoms. The van der Waals surface area contributed by atoms with Gasteiger partial charge in [0.05, 0.1) is 4.88 Å². The van der Waals surface area contributed by atoms with Gasteiger partial charge in [0, 0.05) is 14.9 Å². The zero-order valence-electron chi connectivity index (χ0n) is 11.6. The van der Waals surface area contributed by atoms with Crippen LogP contribution in [0.15, 0.2) is 34.8 Å². The lowest BCUT2D eigenvalue weighted by Gasteiger charge is -2.15. The van der Waals surface area contributed by atoms with Gasteiger partial charge < -0.3 is 0 Å². The third-order valence-electron chi connectivity index (χ3n) is 3.00. The van der Waals surface area contributed by atoms with E-state index in [4.69, 9.17) is 0 Å². The van der Waals surface area contributed by atoms with Crippen molar-refractivity contribution in [2.75, 3.05) is 0 Å². The van der Waals surface area contributed by atoms with Gasteiger partial charge in [-0.3, -0.25) is 4.79 Å². The number of benzene rings is 1. The van der Waals surface area contributed by atoms with E-state index in [1.165, 1.54) is 4.88 Å². The molecule has 0 aliphatic rings. The van der Waals surface area contributed by atoms with Crippen molar-refractivity contribution in [2.45, 2.75) is 33.1 Å². The Hall–Kier alpha value is -0.930. The average molecular weight is 337 g/mol. The number of thiophene rings is 1. The topological polar surface area (TPSA) is 17.1 Å². The first kappa shape index (κ1) is 14.5. The fourth-order valence-electron chi connectivity index (χ4n) is 1.88. The summed E-state index contributed by atoms with van der Waals surface area (Å²) in [5.41, 5.74) is 1.88. The maximum absolute atomic E-state index is 12.5. The summed E-state index contributed by atoms with van der Waals surface area (Å²) >= 11 is 5.02. The molecule has 0 saturated heterocycles. The Kier molecular flexibility index (Phi) is 3.98. The van der Waals surface area contributed by atoms with Crippen molar-refractivity contribution in [1.29, 1.82) is 0 Å². The molecule has 0 atom stereocenters. The molecule has 0 fully saturated rings. The zero-order valence-corrected chi connectivity index (χ0v) is 14.0. The molecule has 2 aromatic rings. The number of ketones is 1. The van der Waals surface area contributed by atoms with Crippen LogP contribution < -0.4 is 0 Å². The summed E-state index contributed by atoms with van der Waals surface area (Å²) in [6, 6.07) is 9.78. The van der Waals surface area contributed by atoms with Crippen LogP contribution in [0.1, 0.15) is 46.4 Å². The lowest BCUT2D eigenvalue weighted by molar-refractivity contribution is 0.104. The zero-order chi connectivity index (χ0) is 14.2. The maximum atomic E-state index is 12.5. The van der Waals surface area contributed by atoms with Gasteiger partial charge in [-0.05, 0) is 48.2 Å². The first-order valence-electron chi connectivity index (χ1n) is 6.20. The molecule has 1 heterocycles. The van der Waals surface area contributed by atoms with Gasteiger partial charge in [0.1, 0.15) is 0 Å². The standard InChI is InChI=1S/C16H17BrOS/c1-10-9-11(17)5-6-12(10)15(18)13-7-8-14(19-13)16(2,3)4/h5-9H,1-4H3. The highest BCUT2D eigenvalue weighted by Gasteiger charge is 2.20. The Morgan fingerprint density at radius 3 is 2.37 bits per heavy atom. The minimum absolute atomic E-state index is 0.0952. The minimum atomic E-state index is 0.0952. The summed E-state index contributed by atoms with van der Waals surface area (Å²) < 4.78 is 1.00. The SMILES string of the molecule is Cc1cc(Br)ccc1C(=O)c1ccc(C(C)(C)C)s1. The fourth-order valence-corrected chi connectivity index (χ4v) is 3.37. The van der Waals surface area contributed by atoms with Gasteiger partial charge in [-0.15, -0.1) is 11.3 Å². The quantitative estimate of drug-likeness (QED) is 0.675. The number of aryl methyl sites for hydroxylation is 1. The van der Waals surface area contributed by atoms with Crippen LogP contribution in [0.4, 0.5) is 0 Å². The monoisotopic (exact) mass is 336 g/mol. The van der Waals surface area contributed by atoms with Gasteiger partial charge >= 0.3 is 0 Å². The molecule has 0 aliphatic heterocycles. The summed E-state index contributed by atoms with van der Waals surface area (Å²) in [5, 5.41) is 0. The second-order valence-electron chi connectivity index (χ2n) is 5.70. The van der Waals surface area contributed by atoms with E-state index in [0.29, 0.717) is 0 Å². The Balaban J connectivity index is 2.37. The van der Waals surface area contributed by atoms with Crippen molar-refractivity contribution in [3.63, 3.8) is 0 Å². The van der Waals surface area contributed by atoms with E-state index in [9.17, 15) is 4.79 Å². The second-order valence-corrected chi connectivity index (χ2v) is 7.70. The third kappa shape index (κ3) is 3.15. The maximum Gasteiger partial charge on any atom is 0.203 e. The van der Waals surface area contributed by atoms with Crippen molar-refractivity contribution in [2.24, 2.45) is 0 Å². The Labute approximate surface area is 126 Å². The molecule has 1 aromatic carbocycles. The number of rotatable bonds is 2. The molecule has 0 N–H and O–H groups in total. The summed E-state index contributed by atoms with van der Waals surface area (Å²) in [7, 11) is 0. The van der Waals surface area contributed by atoms with Gasteiger partial charge in [-0.25, -0.2) is 0 Å². The third-order valence-corrected chi connectivity index (χ3v) is 5.01. The summed E-state index contributed by atoms with van der Waals surface area (Å²) in [6.45, 7) is 8.46. The summed E-state index contributed by atoms with van der Waals surface area (Å²) in [4.78, 5) is 14.6. The first-order chi connectivity index (χ1) is 8.79. The van der Waals surface area contributed by atoms with Crippen molar-refractivity contribution in [1.82, 2.24) is 0 Å². The summed E-state index contributed by atoms with van der Waals surface area (Å²) in [5.74, 6) is 0.116. The van der Waals surface area contributed by atoms with Crippen molar-refractivity contribution >= 4 is 33.0 Å². The lowest BCUT2D eigenvalue weighted by atomic mass is 9.95. The van der Waals surface area contributed by atoms with Crippen LogP contribution in [-0.2, 0) is 5.41 Å².